The summed E-state index contributed by atoms with van der Waals surface area (Å²) in [6.07, 6.45) is 0. The molecule has 7 heteroatoms. The maximum absolute atomic E-state index is 13.1. The van der Waals surface area contributed by atoms with Gasteiger partial charge >= 0.3 is 5.97 Å². The normalized spacial score (nSPS) is 12.7. The van der Waals surface area contributed by atoms with Crippen molar-refractivity contribution in [2.24, 2.45) is 5.92 Å². The van der Waals surface area contributed by atoms with E-state index in [0.717, 1.165) is 12.1 Å². The molecule has 0 aromatic heterocycles. The number of hydrogen-bond acceptors (Lipinski definition) is 4. The first-order valence-corrected chi connectivity index (χ1v) is 7.18. The van der Waals surface area contributed by atoms with Gasteiger partial charge in [0.2, 0.25) is 0 Å². The molecule has 0 heterocycles. The van der Waals surface area contributed by atoms with E-state index in [-0.39, 0.29) is 11.1 Å². The van der Waals surface area contributed by atoms with Gasteiger partial charge in [-0.25, -0.2) is 12.8 Å². The maximum atomic E-state index is 13.1. The van der Waals surface area contributed by atoms with Crippen LogP contribution in [0.4, 0.5) is 4.39 Å². The number of carboxylic acids is 1. The summed E-state index contributed by atoms with van der Waals surface area (Å²) in [5.74, 6) is -3.96. The number of rotatable bonds is 5. The van der Waals surface area contributed by atoms with E-state index in [0.29, 0.717) is 0 Å². The SMILES string of the molecule is CC(CS(=O)(=O)Cc1cc(F)cc(C#N)c1)C(=O)O. The van der Waals surface area contributed by atoms with Crippen LogP contribution < -0.4 is 0 Å². The number of carboxylic acid groups (broad SMARTS) is 1. The topological polar surface area (TPSA) is 95.2 Å². The molecule has 0 saturated heterocycles. The third kappa shape index (κ3) is 4.67. The largest absolute Gasteiger partial charge is 0.481 e. The Bertz CT molecular complexity index is 634. The molecule has 0 radical (unpaired) electrons. The van der Waals surface area contributed by atoms with Crippen molar-refractivity contribution in [1.29, 1.82) is 5.26 Å². The fraction of sp³-hybridized carbons (Fsp3) is 0.333. The van der Waals surface area contributed by atoms with Gasteiger partial charge in [0, 0.05) is 0 Å². The van der Waals surface area contributed by atoms with Gasteiger partial charge in [-0.15, -0.1) is 0 Å². The minimum atomic E-state index is -3.68. The summed E-state index contributed by atoms with van der Waals surface area (Å²) in [6.45, 7) is 1.28. The molecule has 1 rings (SSSR count). The fourth-order valence-electron chi connectivity index (χ4n) is 1.56. The third-order valence-electron chi connectivity index (χ3n) is 2.40. The number of sulfone groups is 1. The minimum absolute atomic E-state index is 0.0245. The van der Waals surface area contributed by atoms with Crippen LogP contribution in [-0.4, -0.2) is 25.2 Å². The van der Waals surface area contributed by atoms with Crippen LogP contribution in [0.3, 0.4) is 0 Å². The Balaban J connectivity index is 2.93. The molecule has 19 heavy (non-hydrogen) atoms. The zero-order chi connectivity index (χ0) is 14.6. The van der Waals surface area contributed by atoms with Crippen LogP contribution in [0, 0.1) is 23.1 Å². The Labute approximate surface area is 110 Å². The highest BCUT2D eigenvalue weighted by Gasteiger charge is 2.21. The summed E-state index contributed by atoms with van der Waals surface area (Å²) >= 11 is 0. The fourth-order valence-corrected chi connectivity index (χ4v) is 3.26. The molecule has 0 spiro atoms. The quantitative estimate of drug-likeness (QED) is 0.880. The predicted molar refractivity (Wildman–Crippen MR) is 65.4 cm³/mol. The van der Waals surface area contributed by atoms with Crippen LogP contribution in [-0.2, 0) is 20.4 Å². The average molecular weight is 285 g/mol. The van der Waals surface area contributed by atoms with Gasteiger partial charge in [0.1, 0.15) is 5.82 Å². The van der Waals surface area contributed by atoms with Crippen molar-refractivity contribution in [3.8, 4) is 6.07 Å². The van der Waals surface area contributed by atoms with Gasteiger partial charge in [-0.2, -0.15) is 5.26 Å². The lowest BCUT2D eigenvalue weighted by atomic mass is 10.1. The molecule has 0 saturated carbocycles. The van der Waals surface area contributed by atoms with Gasteiger partial charge in [-0.05, 0) is 23.8 Å². The molecule has 0 aliphatic heterocycles. The van der Waals surface area contributed by atoms with Crippen molar-refractivity contribution in [2.45, 2.75) is 12.7 Å². The van der Waals surface area contributed by atoms with Crippen LogP contribution >= 0.6 is 0 Å². The molecule has 0 aliphatic rings. The van der Waals surface area contributed by atoms with Crippen LogP contribution in [0.15, 0.2) is 18.2 Å². The molecule has 0 fully saturated rings. The van der Waals surface area contributed by atoms with Crippen LogP contribution in [0.1, 0.15) is 18.1 Å². The Morgan fingerprint density at radius 1 is 1.47 bits per heavy atom. The lowest BCUT2D eigenvalue weighted by molar-refractivity contribution is -0.140. The maximum Gasteiger partial charge on any atom is 0.307 e. The second-order valence-corrected chi connectivity index (χ2v) is 6.36. The summed E-state index contributed by atoms with van der Waals surface area (Å²) in [5.41, 5.74) is 0.158. The van der Waals surface area contributed by atoms with Crippen molar-refractivity contribution in [1.82, 2.24) is 0 Å². The lowest BCUT2D eigenvalue weighted by Gasteiger charge is -2.08. The lowest BCUT2D eigenvalue weighted by Crippen LogP contribution is -2.22. The van der Waals surface area contributed by atoms with Gasteiger partial charge < -0.3 is 5.11 Å². The zero-order valence-electron chi connectivity index (χ0n) is 10.1. The molecule has 1 atom stereocenters. The highest BCUT2D eigenvalue weighted by molar-refractivity contribution is 7.90. The summed E-state index contributed by atoms with van der Waals surface area (Å²) in [5, 5.41) is 17.3. The van der Waals surface area contributed by atoms with Gasteiger partial charge in [-0.3, -0.25) is 4.79 Å². The van der Waals surface area contributed by atoms with E-state index in [1.165, 1.54) is 13.0 Å². The number of nitriles is 1. The molecular formula is C12H12FNO4S. The van der Waals surface area contributed by atoms with E-state index in [9.17, 15) is 17.6 Å². The summed E-state index contributed by atoms with van der Waals surface area (Å²) in [7, 11) is -3.68. The molecule has 0 aliphatic carbocycles. The van der Waals surface area contributed by atoms with Gasteiger partial charge in [0.25, 0.3) is 0 Å². The molecule has 1 aromatic rings. The summed E-state index contributed by atoms with van der Waals surface area (Å²) < 4.78 is 36.7. The van der Waals surface area contributed by atoms with Crippen molar-refractivity contribution in [3.05, 3.63) is 35.1 Å². The molecule has 0 amide bonds. The summed E-state index contributed by atoms with van der Waals surface area (Å²) in [6, 6.07) is 5.01. The van der Waals surface area contributed by atoms with E-state index in [4.69, 9.17) is 10.4 Å². The van der Waals surface area contributed by atoms with E-state index >= 15 is 0 Å². The molecule has 0 bridgehead atoms. The van der Waals surface area contributed by atoms with E-state index in [1.54, 1.807) is 6.07 Å². The van der Waals surface area contributed by atoms with Crippen molar-refractivity contribution in [2.75, 3.05) is 5.75 Å². The first-order chi connectivity index (χ1) is 8.73. The second kappa shape index (κ2) is 5.80. The second-order valence-electron chi connectivity index (χ2n) is 4.25. The number of benzene rings is 1. The smallest absolute Gasteiger partial charge is 0.307 e. The zero-order valence-corrected chi connectivity index (χ0v) is 10.9. The molecule has 1 unspecified atom stereocenters. The molecular weight excluding hydrogens is 273 g/mol. The number of hydrogen-bond donors (Lipinski definition) is 1. The van der Waals surface area contributed by atoms with Crippen molar-refractivity contribution in [3.63, 3.8) is 0 Å². The minimum Gasteiger partial charge on any atom is -0.481 e. The standard InChI is InChI=1S/C12H12FNO4S/c1-8(12(15)16)6-19(17,18)7-10-2-9(5-14)3-11(13)4-10/h2-4,8H,6-7H2,1H3,(H,15,16). The van der Waals surface area contributed by atoms with E-state index < -0.39 is 39.0 Å². The number of carbonyl (C=O) groups is 1. The number of aliphatic carboxylic acids is 1. The van der Waals surface area contributed by atoms with Crippen LogP contribution in [0.5, 0.6) is 0 Å². The van der Waals surface area contributed by atoms with E-state index in [2.05, 4.69) is 0 Å². The monoisotopic (exact) mass is 285 g/mol. The van der Waals surface area contributed by atoms with Crippen LogP contribution in [0.25, 0.3) is 0 Å². The van der Waals surface area contributed by atoms with E-state index in [1.807, 2.05) is 0 Å². The highest BCUT2D eigenvalue weighted by atomic mass is 32.2. The van der Waals surface area contributed by atoms with Crippen molar-refractivity contribution >= 4 is 15.8 Å². The molecule has 1 N–H and O–H groups in total. The van der Waals surface area contributed by atoms with Crippen LogP contribution in [0.2, 0.25) is 0 Å². The highest BCUT2D eigenvalue weighted by Crippen LogP contribution is 2.14. The summed E-state index contributed by atoms with van der Waals surface area (Å²) in [4.78, 5) is 10.6. The first kappa shape index (κ1) is 15.1. The van der Waals surface area contributed by atoms with Gasteiger partial charge in [0.15, 0.2) is 9.84 Å². The van der Waals surface area contributed by atoms with Crippen molar-refractivity contribution < 1.29 is 22.7 Å². The molecule has 1 aromatic carbocycles. The third-order valence-corrected chi connectivity index (χ3v) is 4.18. The Morgan fingerprint density at radius 3 is 2.63 bits per heavy atom. The molecule has 5 nitrogen and oxygen atoms in total. The predicted octanol–water partition coefficient (Wildman–Crippen LogP) is 1.33. The number of halogens is 1. The Hall–Kier alpha value is -1.94. The first-order valence-electron chi connectivity index (χ1n) is 5.36. The Kier molecular flexibility index (Phi) is 4.62. The average Bonchev–Trinajstić information content (AvgIpc) is 2.26. The molecule has 102 valence electrons. The van der Waals surface area contributed by atoms with Gasteiger partial charge in [-0.1, -0.05) is 6.92 Å². The number of nitrogens with zero attached hydrogens (tertiary/aromatic N) is 1. The Morgan fingerprint density at radius 2 is 2.11 bits per heavy atom. The van der Waals surface area contributed by atoms with Gasteiger partial charge in [0.05, 0.1) is 29.1 Å².